The molecule has 2 aromatic heterocycles. The number of methoxy groups -OCH3 is 1. The van der Waals surface area contributed by atoms with Crippen LogP contribution in [0, 0.1) is 0 Å². The van der Waals surface area contributed by atoms with Crippen molar-refractivity contribution < 1.29 is 14.3 Å². The summed E-state index contributed by atoms with van der Waals surface area (Å²) in [6, 6.07) is 2.53. The number of halogens is 1. The molecule has 0 spiro atoms. The van der Waals surface area contributed by atoms with Gasteiger partial charge in [-0.3, -0.25) is 0 Å². The standard InChI is InChI=1S/C15H23ClN4O3Si/c1-17-14-13-12(10(15(21)22-2)8-11(16)18-13)19-20(14)9-23-6-7-24(3,4)5/h8,17H,6-7,9H2,1-5H3. The average Bonchev–Trinajstić information content (AvgIpc) is 2.86. The van der Waals surface area contributed by atoms with Gasteiger partial charge in [0.25, 0.3) is 0 Å². The summed E-state index contributed by atoms with van der Waals surface area (Å²) in [4.78, 5) is 16.2. The largest absolute Gasteiger partial charge is 0.465 e. The molecule has 0 bridgehead atoms. The zero-order valence-corrected chi connectivity index (χ0v) is 16.4. The molecule has 0 saturated heterocycles. The fraction of sp³-hybridized carbons (Fsp3) is 0.533. The Morgan fingerprint density at radius 3 is 2.67 bits per heavy atom. The Morgan fingerprint density at radius 1 is 1.38 bits per heavy atom. The van der Waals surface area contributed by atoms with E-state index in [2.05, 4.69) is 35.0 Å². The molecule has 132 valence electrons. The molecular weight excluding hydrogens is 348 g/mol. The Balaban J connectivity index is 2.32. The van der Waals surface area contributed by atoms with E-state index in [1.807, 2.05) is 0 Å². The first-order valence-electron chi connectivity index (χ1n) is 7.67. The summed E-state index contributed by atoms with van der Waals surface area (Å²) >= 11 is 6.03. The van der Waals surface area contributed by atoms with E-state index in [0.29, 0.717) is 23.5 Å². The molecule has 0 amide bonds. The van der Waals surface area contributed by atoms with Crippen LogP contribution in [0.5, 0.6) is 0 Å². The topological polar surface area (TPSA) is 78.3 Å². The molecule has 0 aliphatic carbocycles. The normalized spacial score (nSPS) is 11.8. The smallest absolute Gasteiger partial charge is 0.340 e. The summed E-state index contributed by atoms with van der Waals surface area (Å²) in [5, 5.41) is 7.70. The SMILES string of the molecule is CNc1c2nc(Cl)cc(C(=O)OC)c2nn1COCC[Si](C)(C)C. The number of pyridine rings is 1. The number of carbonyl (C=O) groups excluding carboxylic acids is 1. The lowest BCUT2D eigenvalue weighted by Crippen LogP contribution is -2.22. The van der Waals surface area contributed by atoms with Gasteiger partial charge < -0.3 is 14.8 Å². The van der Waals surface area contributed by atoms with Gasteiger partial charge in [-0.1, -0.05) is 31.2 Å². The number of fused-ring (bicyclic) bond motifs is 1. The molecule has 0 unspecified atom stereocenters. The summed E-state index contributed by atoms with van der Waals surface area (Å²) in [7, 11) is 1.93. The lowest BCUT2D eigenvalue weighted by molar-refractivity contribution is 0.0602. The van der Waals surface area contributed by atoms with Gasteiger partial charge in [-0.25, -0.2) is 14.5 Å². The number of carbonyl (C=O) groups is 1. The van der Waals surface area contributed by atoms with Crippen molar-refractivity contribution in [1.29, 1.82) is 0 Å². The van der Waals surface area contributed by atoms with Gasteiger partial charge in [0.15, 0.2) is 5.82 Å². The molecule has 2 aromatic rings. The van der Waals surface area contributed by atoms with Crippen LogP contribution in [-0.2, 0) is 16.2 Å². The molecule has 2 heterocycles. The van der Waals surface area contributed by atoms with Gasteiger partial charge in [0.2, 0.25) is 0 Å². The Labute approximate surface area is 147 Å². The van der Waals surface area contributed by atoms with Crippen LogP contribution in [0.3, 0.4) is 0 Å². The minimum atomic E-state index is -1.15. The van der Waals surface area contributed by atoms with Crippen LogP contribution < -0.4 is 5.32 Å². The van der Waals surface area contributed by atoms with Gasteiger partial charge in [0, 0.05) is 21.7 Å². The van der Waals surface area contributed by atoms with Crippen molar-refractivity contribution in [2.75, 3.05) is 26.1 Å². The lowest BCUT2D eigenvalue weighted by Gasteiger charge is -2.15. The van der Waals surface area contributed by atoms with E-state index in [9.17, 15) is 4.79 Å². The minimum Gasteiger partial charge on any atom is -0.465 e. The minimum absolute atomic E-state index is 0.207. The number of hydrogen-bond donors (Lipinski definition) is 1. The molecule has 1 N–H and O–H groups in total. The van der Waals surface area contributed by atoms with Gasteiger partial charge in [-0.15, -0.1) is 0 Å². The van der Waals surface area contributed by atoms with Gasteiger partial charge in [0.05, 0.1) is 12.7 Å². The summed E-state index contributed by atoms with van der Waals surface area (Å²) in [5.41, 5.74) is 1.23. The second-order valence-electron chi connectivity index (χ2n) is 6.63. The molecule has 0 radical (unpaired) electrons. The van der Waals surface area contributed by atoms with E-state index >= 15 is 0 Å². The first kappa shape index (κ1) is 18.7. The molecule has 0 aliphatic rings. The first-order chi connectivity index (χ1) is 11.3. The zero-order valence-electron chi connectivity index (χ0n) is 14.6. The molecule has 0 fully saturated rings. The highest BCUT2D eigenvalue weighted by Crippen LogP contribution is 2.27. The number of nitrogens with zero attached hydrogens (tertiary/aromatic N) is 3. The molecule has 0 saturated carbocycles. The monoisotopic (exact) mass is 370 g/mol. The second-order valence-corrected chi connectivity index (χ2v) is 12.6. The highest BCUT2D eigenvalue weighted by atomic mass is 35.5. The third-order valence-corrected chi connectivity index (χ3v) is 5.41. The van der Waals surface area contributed by atoms with E-state index in [1.165, 1.54) is 13.2 Å². The Hall–Kier alpha value is -1.64. The van der Waals surface area contributed by atoms with E-state index in [4.69, 9.17) is 21.1 Å². The first-order valence-corrected chi connectivity index (χ1v) is 11.8. The number of aromatic nitrogens is 3. The van der Waals surface area contributed by atoms with Gasteiger partial charge in [0.1, 0.15) is 22.9 Å². The number of anilines is 1. The number of rotatable bonds is 7. The van der Waals surface area contributed by atoms with Crippen molar-refractivity contribution in [2.45, 2.75) is 32.4 Å². The van der Waals surface area contributed by atoms with Crippen LogP contribution in [0.2, 0.25) is 30.8 Å². The van der Waals surface area contributed by atoms with Crippen LogP contribution in [0.15, 0.2) is 6.07 Å². The van der Waals surface area contributed by atoms with E-state index < -0.39 is 14.0 Å². The van der Waals surface area contributed by atoms with E-state index in [1.54, 1.807) is 11.7 Å². The lowest BCUT2D eigenvalue weighted by atomic mass is 10.2. The maximum atomic E-state index is 12.0. The van der Waals surface area contributed by atoms with Crippen molar-refractivity contribution in [3.63, 3.8) is 0 Å². The van der Waals surface area contributed by atoms with Gasteiger partial charge >= 0.3 is 5.97 Å². The number of esters is 1. The Morgan fingerprint density at radius 2 is 2.08 bits per heavy atom. The van der Waals surface area contributed by atoms with Gasteiger partial charge in [-0.2, -0.15) is 5.10 Å². The van der Waals surface area contributed by atoms with Crippen molar-refractivity contribution in [3.05, 3.63) is 16.8 Å². The van der Waals surface area contributed by atoms with Crippen LogP contribution >= 0.6 is 11.6 Å². The molecule has 0 atom stereocenters. The molecule has 24 heavy (non-hydrogen) atoms. The Bertz CT molecular complexity index is 742. The molecule has 0 aromatic carbocycles. The number of hydrogen-bond acceptors (Lipinski definition) is 6. The molecule has 2 rings (SSSR count). The third kappa shape index (κ3) is 4.25. The van der Waals surface area contributed by atoms with Crippen LogP contribution in [0.25, 0.3) is 11.0 Å². The summed E-state index contributed by atoms with van der Waals surface area (Å²) < 4.78 is 12.2. The summed E-state index contributed by atoms with van der Waals surface area (Å²) in [6.07, 6.45) is 0. The summed E-state index contributed by atoms with van der Waals surface area (Å²) in [5.74, 6) is 0.141. The second kappa shape index (κ2) is 7.50. The number of ether oxygens (including phenoxy) is 2. The fourth-order valence-corrected chi connectivity index (χ4v) is 3.15. The predicted molar refractivity (Wildman–Crippen MR) is 97.5 cm³/mol. The van der Waals surface area contributed by atoms with Crippen molar-refractivity contribution in [2.24, 2.45) is 0 Å². The fourth-order valence-electron chi connectivity index (χ4n) is 2.20. The zero-order chi connectivity index (χ0) is 17.9. The van der Waals surface area contributed by atoms with Crippen LogP contribution in [0.1, 0.15) is 10.4 Å². The maximum Gasteiger partial charge on any atom is 0.340 e. The van der Waals surface area contributed by atoms with Gasteiger partial charge in [-0.05, 0) is 12.1 Å². The maximum absolute atomic E-state index is 12.0. The third-order valence-electron chi connectivity index (χ3n) is 3.52. The van der Waals surface area contributed by atoms with Crippen molar-refractivity contribution in [3.8, 4) is 0 Å². The van der Waals surface area contributed by atoms with E-state index in [-0.39, 0.29) is 17.4 Å². The molecule has 7 nitrogen and oxygen atoms in total. The van der Waals surface area contributed by atoms with Crippen molar-refractivity contribution in [1.82, 2.24) is 14.8 Å². The quantitative estimate of drug-likeness (QED) is 0.349. The van der Waals surface area contributed by atoms with Crippen LogP contribution in [0.4, 0.5) is 5.82 Å². The predicted octanol–water partition coefficient (Wildman–Crippen LogP) is 3.23. The number of nitrogens with one attached hydrogen (secondary N) is 1. The molecule has 9 heteroatoms. The highest BCUT2D eigenvalue weighted by Gasteiger charge is 2.21. The molecular formula is C15H23ClN4O3Si. The molecule has 0 aliphatic heterocycles. The average molecular weight is 371 g/mol. The van der Waals surface area contributed by atoms with Crippen molar-refractivity contribution >= 4 is 42.5 Å². The van der Waals surface area contributed by atoms with E-state index in [0.717, 1.165) is 6.04 Å². The Kier molecular flexibility index (Phi) is 5.84. The summed E-state index contributed by atoms with van der Waals surface area (Å²) in [6.45, 7) is 7.84. The highest BCUT2D eigenvalue weighted by molar-refractivity contribution is 6.76. The van der Waals surface area contributed by atoms with Crippen LogP contribution in [-0.4, -0.2) is 49.6 Å².